The van der Waals surface area contributed by atoms with Crippen LogP contribution in [-0.2, 0) is 0 Å². The molecule has 0 radical (unpaired) electrons. The highest BCUT2D eigenvalue weighted by atomic mass is 32.2. The molecule has 3 rings (SSSR count). The van der Waals surface area contributed by atoms with Crippen molar-refractivity contribution in [2.45, 2.75) is 10.8 Å². The second-order valence-corrected chi connectivity index (χ2v) is 6.79. The largest absolute Gasteiger partial charge is 0.395 e. The summed E-state index contributed by atoms with van der Waals surface area (Å²) in [4.78, 5) is 17.1. The summed E-state index contributed by atoms with van der Waals surface area (Å²) in [5.74, 6) is -0.823. The predicted molar refractivity (Wildman–Crippen MR) is 105 cm³/mol. The van der Waals surface area contributed by atoms with Crippen LogP contribution < -0.4 is 5.73 Å². The summed E-state index contributed by atoms with van der Waals surface area (Å²) in [6.07, 6.45) is 5.46. The lowest BCUT2D eigenvalue weighted by Gasteiger charge is -2.19. The van der Waals surface area contributed by atoms with Crippen LogP contribution in [0.5, 0.6) is 0 Å². The normalized spacial score (nSPS) is 11.9. The maximum atomic E-state index is 11.9. The molecule has 1 unspecified atom stereocenters. The predicted octanol–water partition coefficient (Wildman–Crippen LogP) is 3.69. The van der Waals surface area contributed by atoms with Crippen LogP contribution in [0.1, 0.15) is 27.4 Å². The first kappa shape index (κ1) is 18.2. The van der Waals surface area contributed by atoms with Gasteiger partial charge in [-0.25, -0.2) is 0 Å². The monoisotopic (exact) mass is 364 g/mol. The van der Waals surface area contributed by atoms with Gasteiger partial charge in [0.2, 0.25) is 5.91 Å². The Kier molecular flexibility index (Phi) is 5.71. The third-order valence-electron chi connectivity index (χ3n) is 4.41. The molecule has 0 aliphatic rings. The number of carbonyl (C=O) groups excluding carboxylic acids is 1. The molecule has 2 aromatic carbocycles. The molecule has 0 fully saturated rings. The summed E-state index contributed by atoms with van der Waals surface area (Å²) in [5, 5.41) is 10.1. The van der Waals surface area contributed by atoms with Crippen molar-refractivity contribution in [2.75, 3.05) is 12.9 Å². The topological polar surface area (TPSA) is 76.2 Å². The first-order valence-corrected chi connectivity index (χ1v) is 9.45. The van der Waals surface area contributed by atoms with E-state index >= 15 is 0 Å². The second-order valence-electron chi connectivity index (χ2n) is 5.91. The van der Waals surface area contributed by atoms with E-state index in [0.29, 0.717) is 5.56 Å². The zero-order valence-electron chi connectivity index (χ0n) is 14.4. The molecule has 5 heteroatoms. The van der Waals surface area contributed by atoms with Crippen LogP contribution in [-0.4, -0.2) is 28.9 Å². The number of pyridine rings is 1. The third kappa shape index (κ3) is 3.79. The molecule has 0 aliphatic carbocycles. The maximum Gasteiger partial charge on any atom is 0.249 e. The molecule has 4 nitrogen and oxygen atoms in total. The number of aliphatic hydroxyl groups is 1. The van der Waals surface area contributed by atoms with Crippen molar-refractivity contribution in [3.8, 4) is 11.1 Å². The molecule has 1 amide bonds. The molecule has 0 saturated heterocycles. The van der Waals surface area contributed by atoms with Crippen molar-refractivity contribution in [3.05, 3.63) is 83.7 Å². The third-order valence-corrected chi connectivity index (χ3v) is 5.15. The minimum absolute atomic E-state index is 0.112. The SMILES string of the molecule is CSc1ccc(C(CO)c2cc(-c3ccncc3)ccc2C(N)=O)cc1. The van der Waals surface area contributed by atoms with E-state index in [-0.39, 0.29) is 12.5 Å². The summed E-state index contributed by atoms with van der Waals surface area (Å²) in [6.45, 7) is -0.112. The maximum absolute atomic E-state index is 11.9. The van der Waals surface area contributed by atoms with Gasteiger partial charge in [0.15, 0.2) is 0 Å². The number of amides is 1. The number of nitrogens with zero attached hydrogens (tertiary/aromatic N) is 1. The van der Waals surface area contributed by atoms with Gasteiger partial charge in [0.1, 0.15) is 0 Å². The Hall–Kier alpha value is -2.63. The van der Waals surface area contributed by atoms with Gasteiger partial charge in [0.25, 0.3) is 0 Å². The van der Waals surface area contributed by atoms with E-state index in [1.807, 2.05) is 54.8 Å². The van der Waals surface area contributed by atoms with Crippen LogP contribution in [0.4, 0.5) is 0 Å². The molecule has 0 aliphatic heterocycles. The number of thioether (sulfide) groups is 1. The lowest BCUT2D eigenvalue weighted by atomic mass is 9.86. The quantitative estimate of drug-likeness (QED) is 0.654. The lowest BCUT2D eigenvalue weighted by molar-refractivity contribution is 0.0999. The van der Waals surface area contributed by atoms with Crippen molar-refractivity contribution in [3.63, 3.8) is 0 Å². The van der Waals surface area contributed by atoms with E-state index in [9.17, 15) is 9.90 Å². The Bertz CT molecular complexity index is 896. The average molecular weight is 364 g/mol. The van der Waals surface area contributed by atoms with Gasteiger partial charge in [-0.1, -0.05) is 18.2 Å². The smallest absolute Gasteiger partial charge is 0.249 e. The molecule has 3 aromatic rings. The first-order chi connectivity index (χ1) is 12.6. The molecule has 26 heavy (non-hydrogen) atoms. The minimum atomic E-state index is -0.500. The van der Waals surface area contributed by atoms with Crippen LogP contribution >= 0.6 is 11.8 Å². The number of carbonyl (C=O) groups is 1. The van der Waals surface area contributed by atoms with E-state index in [1.54, 1.807) is 30.2 Å². The van der Waals surface area contributed by atoms with Gasteiger partial charge < -0.3 is 10.8 Å². The molecule has 0 saturated carbocycles. The molecule has 3 N–H and O–H groups in total. The van der Waals surface area contributed by atoms with Crippen molar-refractivity contribution in [2.24, 2.45) is 5.73 Å². The fourth-order valence-electron chi connectivity index (χ4n) is 3.02. The molecule has 0 bridgehead atoms. The number of hydrogen-bond acceptors (Lipinski definition) is 4. The van der Waals surface area contributed by atoms with Gasteiger partial charge in [-0.2, -0.15) is 0 Å². The Morgan fingerprint density at radius 2 is 1.77 bits per heavy atom. The van der Waals surface area contributed by atoms with Crippen LogP contribution in [0, 0.1) is 0 Å². The highest BCUT2D eigenvalue weighted by Crippen LogP contribution is 2.32. The average Bonchev–Trinajstić information content (AvgIpc) is 2.69. The number of aromatic nitrogens is 1. The molecule has 0 spiro atoms. The summed E-state index contributed by atoms with van der Waals surface area (Å²) in [6, 6.07) is 17.3. The number of hydrogen-bond donors (Lipinski definition) is 2. The summed E-state index contributed by atoms with van der Waals surface area (Å²) in [7, 11) is 0. The Morgan fingerprint density at radius 1 is 1.08 bits per heavy atom. The zero-order valence-corrected chi connectivity index (χ0v) is 15.2. The van der Waals surface area contributed by atoms with Crippen molar-refractivity contribution < 1.29 is 9.90 Å². The van der Waals surface area contributed by atoms with E-state index < -0.39 is 5.91 Å². The number of nitrogens with two attached hydrogens (primary N) is 1. The number of benzene rings is 2. The summed E-state index contributed by atoms with van der Waals surface area (Å²) >= 11 is 1.66. The number of primary amides is 1. The Morgan fingerprint density at radius 3 is 2.35 bits per heavy atom. The van der Waals surface area contributed by atoms with Crippen molar-refractivity contribution in [1.82, 2.24) is 4.98 Å². The zero-order chi connectivity index (χ0) is 18.5. The van der Waals surface area contributed by atoms with Crippen LogP contribution in [0.15, 0.2) is 71.9 Å². The molecule has 1 aromatic heterocycles. The Balaban J connectivity index is 2.10. The summed E-state index contributed by atoms with van der Waals surface area (Å²) in [5.41, 5.74) is 9.63. The van der Waals surface area contributed by atoms with Gasteiger partial charge >= 0.3 is 0 Å². The van der Waals surface area contributed by atoms with Gasteiger partial charge in [-0.15, -0.1) is 11.8 Å². The second kappa shape index (κ2) is 8.17. The standard InChI is InChI=1S/C21H20N2O2S/c1-26-17-5-2-15(3-6-17)20(13-24)19-12-16(4-7-18(19)21(22)25)14-8-10-23-11-9-14/h2-12,20,24H,13H2,1H3,(H2,22,25). The number of aliphatic hydroxyl groups excluding tert-OH is 1. The first-order valence-electron chi connectivity index (χ1n) is 8.23. The molecular weight excluding hydrogens is 344 g/mol. The van der Waals surface area contributed by atoms with Gasteiger partial charge in [-0.3, -0.25) is 9.78 Å². The highest BCUT2D eigenvalue weighted by molar-refractivity contribution is 7.98. The van der Waals surface area contributed by atoms with E-state index in [4.69, 9.17) is 5.73 Å². The van der Waals surface area contributed by atoms with Gasteiger partial charge in [0.05, 0.1) is 6.61 Å². The minimum Gasteiger partial charge on any atom is -0.395 e. The van der Waals surface area contributed by atoms with Crippen LogP contribution in [0.2, 0.25) is 0 Å². The fourth-order valence-corrected chi connectivity index (χ4v) is 3.43. The molecule has 132 valence electrons. The molecular formula is C21H20N2O2S. The lowest BCUT2D eigenvalue weighted by Crippen LogP contribution is -2.17. The van der Waals surface area contributed by atoms with Crippen molar-refractivity contribution in [1.29, 1.82) is 0 Å². The Labute approximate surface area is 157 Å². The summed E-state index contributed by atoms with van der Waals surface area (Å²) < 4.78 is 0. The van der Waals surface area contributed by atoms with E-state index in [1.165, 1.54) is 0 Å². The van der Waals surface area contributed by atoms with E-state index in [2.05, 4.69) is 4.98 Å². The van der Waals surface area contributed by atoms with Crippen LogP contribution in [0.25, 0.3) is 11.1 Å². The van der Waals surface area contributed by atoms with E-state index in [0.717, 1.165) is 27.1 Å². The van der Waals surface area contributed by atoms with Crippen LogP contribution in [0.3, 0.4) is 0 Å². The van der Waals surface area contributed by atoms with Gasteiger partial charge in [-0.05, 0) is 64.9 Å². The fraction of sp³-hybridized carbons (Fsp3) is 0.143. The molecule has 1 atom stereocenters. The molecule has 1 heterocycles. The number of rotatable bonds is 6. The highest BCUT2D eigenvalue weighted by Gasteiger charge is 2.20. The van der Waals surface area contributed by atoms with Crippen molar-refractivity contribution >= 4 is 17.7 Å². The van der Waals surface area contributed by atoms with Gasteiger partial charge in [0, 0.05) is 28.8 Å².